The Morgan fingerprint density at radius 3 is 2.32 bits per heavy atom. The lowest BCUT2D eigenvalue weighted by atomic mass is 9.95. The van der Waals surface area contributed by atoms with E-state index in [2.05, 4.69) is 20.3 Å². The summed E-state index contributed by atoms with van der Waals surface area (Å²) in [6.45, 7) is 6.80. The molecular formula is C19H28N6O2S. The summed E-state index contributed by atoms with van der Waals surface area (Å²) in [4.78, 5) is 13.5. The summed E-state index contributed by atoms with van der Waals surface area (Å²) in [7, 11) is -0.286. The zero-order valence-corrected chi connectivity index (χ0v) is 17.9. The van der Waals surface area contributed by atoms with Gasteiger partial charge in [-0.2, -0.15) is 17.0 Å². The molecule has 0 radical (unpaired) electrons. The predicted octanol–water partition coefficient (Wildman–Crippen LogP) is 2.53. The van der Waals surface area contributed by atoms with Gasteiger partial charge in [0.1, 0.15) is 0 Å². The summed E-state index contributed by atoms with van der Waals surface area (Å²) in [5.74, 6) is 0.610. The zero-order chi connectivity index (χ0) is 20.5. The highest BCUT2D eigenvalue weighted by Gasteiger charge is 2.31. The maximum atomic E-state index is 12.5. The second-order valence-electron chi connectivity index (χ2n) is 7.51. The smallest absolute Gasteiger partial charge is 0.281 e. The molecule has 1 N–H and O–H groups in total. The van der Waals surface area contributed by atoms with E-state index >= 15 is 0 Å². The van der Waals surface area contributed by atoms with Crippen LogP contribution in [0, 0.1) is 20.8 Å². The van der Waals surface area contributed by atoms with E-state index in [-0.39, 0.29) is 5.92 Å². The molecule has 3 heterocycles. The Balaban J connectivity index is 1.84. The SMILES string of the molecule is Cc1cc(Nc2nc(C)cc(C)n2)cc(C2CCCN(S(=O)(=O)N(C)C)C2)n1. The highest BCUT2D eigenvalue weighted by atomic mass is 32.2. The Morgan fingerprint density at radius 1 is 1.04 bits per heavy atom. The van der Waals surface area contributed by atoms with Gasteiger partial charge in [0, 0.05) is 61.6 Å². The number of piperidine rings is 1. The molecule has 0 saturated carbocycles. The molecule has 1 aliphatic heterocycles. The molecular weight excluding hydrogens is 376 g/mol. The minimum Gasteiger partial charge on any atom is -0.324 e. The highest BCUT2D eigenvalue weighted by molar-refractivity contribution is 7.86. The van der Waals surface area contributed by atoms with Crippen LogP contribution in [0.2, 0.25) is 0 Å². The van der Waals surface area contributed by atoms with Crippen molar-refractivity contribution in [3.63, 3.8) is 0 Å². The van der Waals surface area contributed by atoms with Crippen LogP contribution in [0.1, 0.15) is 41.5 Å². The largest absolute Gasteiger partial charge is 0.324 e. The van der Waals surface area contributed by atoms with Crippen molar-refractivity contribution in [3.05, 3.63) is 41.0 Å². The Bertz CT molecular complexity index is 941. The molecule has 1 fully saturated rings. The quantitative estimate of drug-likeness (QED) is 0.823. The molecule has 28 heavy (non-hydrogen) atoms. The van der Waals surface area contributed by atoms with Gasteiger partial charge in [0.2, 0.25) is 5.95 Å². The predicted molar refractivity (Wildman–Crippen MR) is 110 cm³/mol. The van der Waals surface area contributed by atoms with Crippen LogP contribution in [0.15, 0.2) is 18.2 Å². The van der Waals surface area contributed by atoms with E-state index in [4.69, 9.17) is 0 Å². The van der Waals surface area contributed by atoms with Crippen LogP contribution in [0.3, 0.4) is 0 Å². The van der Waals surface area contributed by atoms with Gasteiger partial charge in [0.05, 0.1) is 0 Å². The van der Waals surface area contributed by atoms with E-state index in [0.29, 0.717) is 19.0 Å². The molecule has 0 bridgehead atoms. The number of nitrogens with one attached hydrogen (secondary N) is 1. The van der Waals surface area contributed by atoms with E-state index in [1.165, 1.54) is 4.31 Å². The normalized spacial score (nSPS) is 18.4. The van der Waals surface area contributed by atoms with E-state index in [9.17, 15) is 8.42 Å². The van der Waals surface area contributed by atoms with Crippen molar-refractivity contribution >= 4 is 21.8 Å². The number of rotatable bonds is 5. The number of anilines is 2. The van der Waals surface area contributed by atoms with Gasteiger partial charge in [-0.1, -0.05) is 0 Å². The summed E-state index contributed by atoms with van der Waals surface area (Å²) in [5.41, 5.74) is 4.43. The van der Waals surface area contributed by atoms with Gasteiger partial charge in [-0.25, -0.2) is 9.97 Å². The topological polar surface area (TPSA) is 91.3 Å². The van der Waals surface area contributed by atoms with Gasteiger partial charge in [0.25, 0.3) is 10.2 Å². The van der Waals surface area contributed by atoms with Crippen molar-refractivity contribution < 1.29 is 8.42 Å². The first-order valence-electron chi connectivity index (χ1n) is 9.40. The average Bonchev–Trinajstić information content (AvgIpc) is 2.60. The van der Waals surface area contributed by atoms with Crippen LogP contribution in [-0.4, -0.2) is 59.2 Å². The first kappa shape index (κ1) is 20.6. The molecule has 3 rings (SSSR count). The maximum Gasteiger partial charge on any atom is 0.281 e. The Labute approximate surface area is 167 Å². The lowest BCUT2D eigenvalue weighted by Gasteiger charge is -2.33. The fourth-order valence-electron chi connectivity index (χ4n) is 3.51. The Morgan fingerprint density at radius 2 is 1.68 bits per heavy atom. The van der Waals surface area contributed by atoms with Gasteiger partial charge in [-0.15, -0.1) is 0 Å². The number of aryl methyl sites for hydroxylation is 3. The van der Waals surface area contributed by atoms with E-state index < -0.39 is 10.2 Å². The van der Waals surface area contributed by atoms with E-state index in [0.717, 1.165) is 41.3 Å². The first-order valence-corrected chi connectivity index (χ1v) is 10.8. The molecule has 1 unspecified atom stereocenters. The maximum absolute atomic E-state index is 12.5. The van der Waals surface area contributed by atoms with Crippen LogP contribution < -0.4 is 5.32 Å². The molecule has 0 aliphatic carbocycles. The molecule has 2 aromatic rings. The molecule has 1 saturated heterocycles. The van der Waals surface area contributed by atoms with Crippen LogP contribution in [-0.2, 0) is 10.2 Å². The molecule has 0 amide bonds. The van der Waals surface area contributed by atoms with Gasteiger partial charge >= 0.3 is 0 Å². The average molecular weight is 405 g/mol. The van der Waals surface area contributed by atoms with Gasteiger partial charge in [-0.3, -0.25) is 4.98 Å². The van der Waals surface area contributed by atoms with Crippen LogP contribution >= 0.6 is 0 Å². The first-order chi connectivity index (χ1) is 13.1. The Hall–Kier alpha value is -2.10. The molecule has 8 nitrogen and oxygen atoms in total. The number of aromatic nitrogens is 3. The fraction of sp³-hybridized carbons (Fsp3) is 0.526. The van der Waals surface area contributed by atoms with Crippen molar-refractivity contribution in [2.24, 2.45) is 0 Å². The summed E-state index contributed by atoms with van der Waals surface area (Å²) in [5, 5.41) is 3.26. The molecule has 0 spiro atoms. The second kappa shape index (κ2) is 8.10. The third-order valence-electron chi connectivity index (χ3n) is 4.80. The number of hydrogen-bond acceptors (Lipinski definition) is 6. The molecule has 1 atom stereocenters. The van der Waals surface area contributed by atoms with Gasteiger partial charge in [-0.05, 0) is 51.8 Å². The van der Waals surface area contributed by atoms with Crippen molar-refractivity contribution in [2.75, 3.05) is 32.5 Å². The molecule has 152 valence electrons. The summed E-state index contributed by atoms with van der Waals surface area (Å²) < 4.78 is 27.8. The van der Waals surface area contributed by atoms with Crippen molar-refractivity contribution in [1.29, 1.82) is 0 Å². The number of nitrogens with zero attached hydrogens (tertiary/aromatic N) is 5. The standard InChI is InChI=1S/C19H28N6O2S/c1-13-9-14(2)22-19(21-13)23-17-10-15(3)20-18(11-17)16-7-6-8-25(12-16)28(26,27)24(4)5/h9-11,16H,6-8,12H2,1-5H3,(H,20,21,22,23). The van der Waals surface area contributed by atoms with E-state index in [1.54, 1.807) is 18.4 Å². The summed E-state index contributed by atoms with van der Waals surface area (Å²) in [6.07, 6.45) is 1.73. The van der Waals surface area contributed by atoms with Gasteiger partial charge in [0.15, 0.2) is 0 Å². The van der Waals surface area contributed by atoms with E-state index in [1.807, 2.05) is 39.0 Å². The van der Waals surface area contributed by atoms with Crippen LogP contribution in [0.5, 0.6) is 0 Å². The molecule has 1 aliphatic rings. The number of hydrogen-bond donors (Lipinski definition) is 1. The third-order valence-corrected chi connectivity index (χ3v) is 6.71. The highest BCUT2D eigenvalue weighted by Crippen LogP contribution is 2.30. The minimum absolute atomic E-state index is 0.0593. The van der Waals surface area contributed by atoms with Crippen LogP contribution in [0.25, 0.3) is 0 Å². The Kier molecular flexibility index (Phi) is 5.97. The molecule has 2 aromatic heterocycles. The zero-order valence-electron chi connectivity index (χ0n) is 17.1. The van der Waals surface area contributed by atoms with Crippen molar-refractivity contribution in [2.45, 2.75) is 39.5 Å². The third kappa shape index (κ3) is 4.65. The van der Waals surface area contributed by atoms with Crippen LogP contribution in [0.4, 0.5) is 11.6 Å². The lowest BCUT2D eigenvalue weighted by molar-refractivity contribution is 0.296. The molecule has 9 heteroatoms. The fourth-order valence-corrected chi connectivity index (χ4v) is 4.70. The summed E-state index contributed by atoms with van der Waals surface area (Å²) >= 11 is 0. The van der Waals surface area contributed by atoms with Crippen molar-refractivity contribution in [3.8, 4) is 0 Å². The number of pyridine rings is 1. The van der Waals surface area contributed by atoms with Gasteiger partial charge < -0.3 is 5.32 Å². The molecule has 0 aromatic carbocycles. The minimum atomic E-state index is -3.42. The second-order valence-corrected chi connectivity index (χ2v) is 9.65. The monoisotopic (exact) mass is 404 g/mol. The van der Waals surface area contributed by atoms with Crippen molar-refractivity contribution in [1.82, 2.24) is 23.6 Å². The summed E-state index contributed by atoms with van der Waals surface area (Å²) in [6, 6.07) is 5.85. The lowest BCUT2D eigenvalue weighted by Crippen LogP contribution is -2.45.